The van der Waals surface area contributed by atoms with Crippen molar-refractivity contribution in [1.29, 1.82) is 0 Å². The van der Waals surface area contributed by atoms with Crippen molar-refractivity contribution in [2.45, 2.75) is 103 Å². The van der Waals surface area contributed by atoms with E-state index in [-0.39, 0.29) is 22.6 Å². The lowest BCUT2D eigenvalue weighted by molar-refractivity contribution is -0.479. The van der Waals surface area contributed by atoms with E-state index in [1.807, 2.05) is 0 Å². The van der Waals surface area contributed by atoms with Crippen molar-refractivity contribution in [2.24, 2.45) is 16.7 Å². The molecule has 4 aliphatic rings. The fourth-order valence-electron chi connectivity index (χ4n) is 6.81. The Morgan fingerprint density at radius 2 is 1.97 bits per heavy atom. The van der Waals surface area contributed by atoms with Crippen LogP contribution in [0.3, 0.4) is 0 Å². The SMILES string of the molecule is CC1(C)[C@@H]2CC[C@]13CS(=O)(=O)N(C(=O)[C@H]1CCC(CCCCC#C[Si](C)(C)C)=[N+]1[O-])[C@@H]3C2. The monoisotopic (exact) mass is 478 g/mol. The normalized spacial score (nSPS) is 34.5. The van der Waals surface area contributed by atoms with E-state index >= 15 is 0 Å². The molecular formula is C24H38N2O4SSi. The number of nitrogens with zero attached hydrogens (tertiary/aromatic N) is 2. The van der Waals surface area contributed by atoms with Crippen LogP contribution >= 0.6 is 0 Å². The first-order chi connectivity index (χ1) is 14.8. The van der Waals surface area contributed by atoms with Crippen LogP contribution < -0.4 is 0 Å². The predicted molar refractivity (Wildman–Crippen MR) is 129 cm³/mol. The predicted octanol–water partition coefficient (Wildman–Crippen LogP) is 3.91. The maximum Gasteiger partial charge on any atom is 0.306 e. The minimum absolute atomic E-state index is 0.0561. The minimum Gasteiger partial charge on any atom is -0.623 e. The topological polar surface area (TPSA) is 80.5 Å². The van der Waals surface area contributed by atoms with Gasteiger partial charge in [0.2, 0.25) is 16.1 Å². The maximum absolute atomic E-state index is 13.4. The van der Waals surface area contributed by atoms with Gasteiger partial charge in [-0.2, -0.15) is 0 Å². The molecule has 1 saturated heterocycles. The quantitative estimate of drug-likeness (QED) is 0.197. The standard InChI is InChI=1S/C24H38N2O4SSi/c1-23(2)18-13-14-24(23)17-31(29,30)26(21(24)16-18)22(27)20-12-11-19(25(20)28)10-8-6-7-9-15-32(3,4)5/h18,20-21H,6-8,10-14,16-17H2,1-5H3/t18-,20-,21-,24-/m1/s1. The van der Waals surface area contributed by atoms with Gasteiger partial charge in [-0.3, -0.25) is 4.79 Å². The Labute approximate surface area is 194 Å². The zero-order valence-electron chi connectivity index (χ0n) is 20.2. The van der Waals surface area contributed by atoms with Crippen LogP contribution in [0.2, 0.25) is 19.6 Å². The lowest BCUT2D eigenvalue weighted by Crippen LogP contribution is -2.49. The third-order valence-electron chi connectivity index (χ3n) is 8.70. The van der Waals surface area contributed by atoms with Crippen LogP contribution in [0.5, 0.6) is 0 Å². The molecule has 8 heteroatoms. The summed E-state index contributed by atoms with van der Waals surface area (Å²) in [7, 11) is -5.02. The summed E-state index contributed by atoms with van der Waals surface area (Å²) >= 11 is 0. The average molecular weight is 479 g/mol. The first-order valence-electron chi connectivity index (χ1n) is 12.2. The number of hydroxylamine groups is 1. The summed E-state index contributed by atoms with van der Waals surface area (Å²) in [6.45, 7) is 11.0. The van der Waals surface area contributed by atoms with Gasteiger partial charge in [0.1, 0.15) is 8.07 Å². The summed E-state index contributed by atoms with van der Waals surface area (Å²) in [6, 6.07) is -1.15. The second-order valence-corrected chi connectivity index (χ2v) is 18.6. The summed E-state index contributed by atoms with van der Waals surface area (Å²) in [6.07, 6.45) is 6.97. The zero-order valence-corrected chi connectivity index (χ0v) is 22.1. The number of carbonyl (C=O) groups is 1. The van der Waals surface area contributed by atoms with E-state index in [0.717, 1.165) is 49.0 Å². The number of hydrogen-bond acceptors (Lipinski definition) is 4. The molecule has 4 rings (SSSR count). The second kappa shape index (κ2) is 7.87. The van der Waals surface area contributed by atoms with Gasteiger partial charge in [0, 0.05) is 31.1 Å². The molecular weight excluding hydrogens is 440 g/mol. The highest BCUT2D eigenvalue weighted by atomic mass is 32.2. The van der Waals surface area contributed by atoms with Crippen molar-refractivity contribution in [3.05, 3.63) is 5.21 Å². The van der Waals surface area contributed by atoms with Gasteiger partial charge in [-0.25, -0.2) is 17.5 Å². The molecule has 2 aliphatic carbocycles. The van der Waals surface area contributed by atoms with Gasteiger partial charge in [0.15, 0.2) is 5.71 Å². The van der Waals surface area contributed by atoms with E-state index in [4.69, 9.17) is 0 Å². The van der Waals surface area contributed by atoms with Crippen LogP contribution in [0.4, 0.5) is 0 Å². The summed E-state index contributed by atoms with van der Waals surface area (Å²) in [4.78, 5) is 13.4. The molecule has 0 aromatic rings. The molecule has 6 nitrogen and oxygen atoms in total. The van der Waals surface area contributed by atoms with Gasteiger partial charge in [-0.1, -0.05) is 33.5 Å². The van der Waals surface area contributed by atoms with Gasteiger partial charge < -0.3 is 5.21 Å². The Morgan fingerprint density at radius 3 is 2.62 bits per heavy atom. The van der Waals surface area contributed by atoms with Gasteiger partial charge in [-0.15, -0.1) is 11.5 Å². The fourth-order valence-corrected chi connectivity index (χ4v) is 10.0. The van der Waals surface area contributed by atoms with E-state index in [9.17, 15) is 18.4 Å². The summed E-state index contributed by atoms with van der Waals surface area (Å²) in [5.74, 6) is 3.28. The summed E-state index contributed by atoms with van der Waals surface area (Å²) < 4.78 is 28.3. The van der Waals surface area contributed by atoms with E-state index in [2.05, 4.69) is 45.0 Å². The molecule has 2 heterocycles. The number of sulfonamides is 1. The molecule has 0 radical (unpaired) electrons. The highest BCUT2D eigenvalue weighted by Crippen LogP contribution is 2.70. The van der Waals surface area contributed by atoms with Gasteiger partial charge in [0.05, 0.1) is 11.8 Å². The van der Waals surface area contributed by atoms with Crippen molar-refractivity contribution in [1.82, 2.24) is 4.31 Å². The molecule has 32 heavy (non-hydrogen) atoms. The Morgan fingerprint density at radius 1 is 1.25 bits per heavy atom. The maximum atomic E-state index is 13.4. The molecule has 2 aliphatic heterocycles. The van der Waals surface area contributed by atoms with Gasteiger partial charge in [-0.05, 0) is 43.4 Å². The lowest BCUT2D eigenvalue weighted by Gasteiger charge is -2.37. The molecule has 0 N–H and O–H groups in total. The number of rotatable bonds is 5. The number of unbranched alkanes of at least 4 members (excludes halogenated alkanes) is 2. The molecule has 1 spiro atoms. The van der Waals surface area contributed by atoms with Crippen LogP contribution in [0.15, 0.2) is 0 Å². The first-order valence-corrected chi connectivity index (χ1v) is 17.3. The number of amides is 1. The highest BCUT2D eigenvalue weighted by Gasteiger charge is 2.72. The molecule has 4 atom stereocenters. The third-order valence-corrected chi connectivity index (χ3v) is 11.5. The largest absolute Gasteiger partial charge is 0.623 e. The average Bonchev–Trinajstić information content (AvgIpc) is 3.29. The van der Waals surface area contributed by atoms with E-state index < -0.39 is 30.0 Å². The van der Waals surface area contributed by atoms with Crippen LogP contribution in [0.1, 0.15) is 71.6 Å². The Bertz CT molecular complexity index is 1000. The van der Waals surface area contributed by atoms with Crippen molar-refractivity contribution in [3.8, 4) is 11.5 Å². The molecule has 3 fully saturated rings. The number of carbonyl (C=O) groups excluding carboxylic acids is 1. The molecule has 1 amide bonds. The minimum atomic E-state index is -3.68. The van der Waals surface area contributed by atoms with Gasteiger partial charge in [0.25, 0.3) is 0 Å². The molecule has 0 aromatic carbocycles. The molecule has 0 unspecified atom stereocenters. The Hall–Kier alpha value is -1.33. The summed E-state index contributed by atoms with van der Waals surface area (Å²) in [5.41, 5.74) is 3.67. The van der Waals surface area contributed by atoms with Crippen molar-refractivity contribution in [2.75, 3.05) is 5.75 Å². The highest BCUT2D eigenvalue weighted by molar-refractivity contribution is 7.90. The van der Waals surface area contributed by atoms with Crippen LogP contribution in [0.25, 0.3) is 0 Å². The first kappa shape index (κ1) is 23.8. The lowest BCUT2D eigenvalue weighted by atomic mass is 9.69. The smallest absolute Gasteiger partial charge is 0.306 e. The zero-order chi connectivity index (χ0) is 23.5. The van der Waals surface area contributed by atoms with Crippen LogP contribution in [-0.4, -0.2) is 55.0 Å². The van der Waals surface area contributed by atoms with Crippen LogP contribution in [0, 0.1) is 33.4 Å². The van der Waals surface area contributed by atoms with Crippen LogP contribution in [-0.2, 0) is 14.8 Å². The molecule has 2 saturated carbocycles. The third kappa shape index (κ3) is 3.73. The van der Waals surface area contributed by atoms with Crippen molar-refractivity contribution in [3.63, 3.8) is 0 Å². The molecule has 178 valence electrons. The number of fused-ring (bicyclic) bond motifs is 1. The Kier molecular flexibility index (Phi) is 5.85. The Balaban J connectivity index is 1.43. The van der Waals surface area contributed by atoms with Gasteiger partial charge >= 0.3 is 5.91 Å². The number of hydrogen-bond donors (Lipinski definition) is 0. The van der Waals surface area contributed by atoms with Crippen molar-refractivity contribution >= 4 is 29.7 Å². The second-order valence-electron chi connectivity index (χ2n) is 12.0. The molecule has 2 bridgehead atoms. The molecule has 0 aromatic heterocycles. The summed E-state index contributed by atoms with van der Waals surface area (Å²) in [5, 5.41) is 13.0. The van der Waals surface area contributed by atoms with E-state index in [1.54, 1.807) is 0 Å². The fraction of sp³-hybridized carbons (Fsp3) is 0.833. The van der Waals surface area contributed by atoms with Crippen molar-refractivity contribution < 1.29 is 18.0 Å². The van der Waals surface area contributed by atoms with E-state index in [0.29, 0.717) is 25.2 Å². The van der Waals surface area contributed by atoms with E-state index in [1.165, 1.54) is 4.31 Å².